The molecule has 0 fully saturated rings. The molecule has 1 N–H and O–H groups in total. The van der Waals surface area contributed by atoms with Gasteiger partial charge in [0.25, 0.3) is 5.91 Å². The third-order valence-electron chi connectivity index (χ3n) is 4.20. The average Bonchev–Trinajstić information content (AvgIpc) is 2.59. The van der Waals surface area contributed by atoms with Crippen molar-refractivity contribution in [2.75, 3.05) is 0 Å². The van der Waals surface area contributed by atoms with Gasteiger partial charge in [0, 0.05) is 10.0 Å². The predicted molar refractivity (Wildman–Crippen MR) is 96.9 cm³/mol. The number of fused-ring (bicyclic) bond motifs is 1. The molecule has 4 heteroatoms. The Morgan fingerprint density at radius 3 is 2.39 bits per heavy atom. The molecule has 0 saturated heterocycles. The number of rotatable bonds is 3. The minimum Gasteiger partial charge on any atom is -0.267 e. The Morgan fingerprint density at radius 2 is 1.65 bits per heavy atom. The van der Waals surface area contributed by atoms with Crippen molar-refractivity contribution < 1.29 is 4.79 Å². The van der Waals surface area contributed by atoms with Crippen LogP contribution in [0.1, 0.15) is 46.8 Å². The minimum atomic E-state index is -0.199. The van der Waals surface area contributed by atoms with Gasteiger partial charge in [-0.2, -0.15) is 5.10 Å². The van der Waals surface area contributed by atoms with Crippen molar-refractivity contribution in [3.63, 3.8) is 0 Å². The van der Waals surface area contributed by atoms with Gasteiger partial charge < -0.3 is 0 Å². The highest BCUT2D eigenvalue weighted by Gasteiger charge is 2.11. The van der Waals surface area contributed by atoms with Crippen molar-refractivity contribution in [1.29, 1.82) is 0 Å². The highest BCUT2D eigenvalue weighted by atomic mass is 79.9. The lowest BCUT2D eigenvalue weighted by Gasteiger charge is -2.16. The van der Waals surface area contributed by atoms with Crippen LogP contribution in [0.2, 0.25) is 0 Å². The lowest BCUT2D eigenvalue weighted by molar-refractivity contribution is 0.0955. The average molecular weight is 371 g/mol. The van der Waals surface area contributed by atoms with Crippen LogP contribution in [0.4, 0.5) is 0 Å². The van der Waals surface area contributed by atoms with Gasteiger partial charge in [-0.3, -0.25) is 4.79 Å². The van der Waals surface area contributed by atoms with Gasteiger partial charge in [-0.15, -0.1) is 0 Å². The molecule has 0 bridgehead atoms. The molecule has 0 unspecified atom stereocenters. The van der Waals surface area contributed by atoms with Gasteiger partial charge in [0.1, 0.15) is 0 Å². The van der Waals surface area contributed by atoms with Gasteiger partial charge in [-0.05, 0) is 79.6 Å². The van der Waals surface area contributed by atoms with Crippen LogP contribution in [-0.2, 0) is 12.8 Å². The molecular weight excluding hydrogens is 352 g/mol. The second-order valence-corrected chi connectivity index (χ2v) is 6.75. The fraction of sp³-hybridized carbons (Fsp3) is 0.263. The van der Waals surface area contributed by atoms with E-state index in [2.05, 4.69) is 44.7 Å². The molecule has 0 radical (unpaired) electrons. The van der Waals surface area contributed by atoms with E-state index in [1.165, 1.54) is 30.4 Å². The van der Waals surface area contributed by atoms with Gasteiger partial charge in [-0.1, -0.05) is 28.1 Å². The molecule has 0 spiro atoms. The van der Waals surface area contributed by atoms with Crippen molar-refractivity contribution in [2.45, 2.75) is 32.6 Å². The summed E-state index contributed by atoms with van der Waals surface area (Å²) in [5.74, 6) is -0.199. The predicted octanol–water partition coefficient (Wildman–Crippen LogP) is 4.48. The molecule has 0 aliphatic heterocycles. The molecule has 1 aliphatic carbocycles. The standard InChI is InChI=1S/C19H19BrN2O/c1-13(16-7-6-14-4-2-3-5-17(14)12-16)21-22-19(23)15-8-10-18(20)11-9-15/h6-12H,2-5H2,1H3,(H,22,23). The van der Waals surface area contributed by atoms with E-state index < -0.39 is 0 Å². The molecule has 1 aliphatic rings. The number of nitrogens with one attached hydrogen (secondary N) is 1. The van der Waals surface area contributed by atoms with E-state index in [9.17, 15) is 4.79 Å². The molecule has 3 rings (SSSR count). The van der Waals surface area contributed by atoms with Crippen molar-refractivity contribution >= 4 is 27.5 Å². The van der Waals surface area contributed by atoms with Crippen molar-refractivity contribution in [1.82, 2.24) is 5.43 Å². The number of hydrogen-bond acceptors (Lipinski definition) is 2. The third kappa shape index (κ3) is 3.88. The van der Waals surface area contributed by atoms with Crippen LogP contribution in [0.15, 0.2) is 52.0 Å². The first-order valence-electron chi connectivity index (χ1n) is 7.86. The number of benzene rings is 2. The van der Waals surface area contributed by atoms with Crippen LogP contribution < -0.4 is 5.43 Å². The Bertz CT molecular complexity index is 750. The summed E-state index contributed by atoms with van der Waals surface area (Å²) in [4.78, 5) is 12.1. The lowest BCUT2D eigenvalue weighted by atomic mass is 9.90. The molecule has 0 heterocycles. The summed E-state index contributed by atoms with van der Waals surface area (Å²) < 4.78 is 0.947. The van der Waals surface area contributed by atoms with Crippen molar-refractivity contribution in [3.05, 3.63) is 69.2 Å². The SMILES string of the molecule is CC(=NNC(=O)c1ccc(Br)cc1)c1ccc2c(c1)CCCC2. The first kappa shape index (κ1) is 15.9. The van der Waals surface area contributed by atoms with Crippen LogP contribution in [0.5, 0.6) is 0 Å². The van der Waals surface area contributed by atoms with Crippen LogP contribution in [0, 0.1) is 0 Å². The zero-order valence-electron chi connectivity index (χ0n) is 13.1. The second-order valence-electron chi connectivity index (χ2n) is 5.84. The van der Waals surface area contributed by atoms with E-state index in [0.29, 0.717) is 5.56 Å². The molecule has 2 aromatic carbocycles. The largest absolute Gasteiger partial charge is 0.271 e. The summed E-state index contributed by atoms with van der Waals surface area (Å²) in [5.41, 5.74) is 7.99. The first-order chi connectivity index (χ1) is 11.1. The number of hydrogen-bond donors (Lipinski definition) is 1. The van der Waals surface area contributed by atoms with Gasteiger partial charge >= 0.3 is 0 Å². The van der Waals surface area contributed by atoms with Crippen LogP contribution >= 0.6 is 15.9 Å². The fourth-order valence-electron chi connectivity index (χ4n) is 2.82. The van der Waals surface area contributed by atoms with E-state index >= 15 is 0 Å². The molecule has 1 amide bonds. The lowest BCUT2D eigenvalue weighted by Crippen LogP contribution is -2.19. The van der Waals surface area contributed by atoms with Crippen molar-refractivity contribution in [2.24, 2.45) is 5.10 Å². The summed E-state index contributed by atoms with van der Waals surface area (Å²) in [6, 6.07) is 13.7. The number of aryl methyl sites for hydroxylation is 2. The van der Waals surface area contributed by atoms with Gasteiger partial charge in [0.2, 0.25) is 0 Å². The smallest absolute Gasteiger partial charge is 0.267 e. The Morgan fingerprint density at radius 1 is 1.00 bits per heavy atom. The molecule has 0 saturated carbocycles. The molecule has 3 nitrogen and oxygen atoms in total. The van der Waals surface area contributed by atoms with Gasteiger partial charge in [0.15, 0.2) is 0 Å². The van der Waals surface area contributed by atoms with Gasteiger partial charge in [-0.25, -0.2) is 5.43 Å². The van der Waals surface area contributed by atoms with Crippen molar-refractivity contribution in [3.8, 4) is 0 Å². The number of carbonyl (C=O) groups is 1. The molecule has 0 atom stereocenters. The van der Waals surface area contributed by atoms with E-state index in [-0.39, 0.29) is 5.91 Å². The van der Waals surface area contributed by atoms with E-state index in [0.717, 1.165) is 22.2 Å². The highest BCUT2D eigenvalue weighted by Crippen LogP contribution is 2.22. The molecule has 118 valence electrons. The second kappa shape index (κ2) is 7.09. The quantitative estimate of drug-likeness (QED) is 0.627. The Hall–Kier alpha value is -1.94. The number of nitrogens with zero attached hydrogens (tertiary/aromatic N) is 1. The summed E-state index contributed by atoms with van der Waals surface area (Å²) in [7, 11) is 0. The molecule has 2 aromatic rings. The molecule has 0 aromatic heterocycles. The highest BCUT2D eigenvalue weighted by molar-refractivity contribution is 9.10. The zero-order valence-corrected chi connectivity index (χ0v) is 14.7. The van der Waals surface area contributed by atoms with Crippen LogP contribution in [0.3, 0.4) is 0 Å². The first-order valence-corrected chi connectivity index (χ1v) is 8.65. The monoisotopic (exact) mass is 370 g/mol. The fourth-order valence-corrected chi connectivity index (χ4v) is 3.09. The zero-order chi connectivity index (χ0) is 16.2. The summed E-state index contributed by atoms with van der Waals surface area (Å²) in [6.07, 6.45) is 4.85. The van der Waals surface area contributed by atoms with E-state index in [4.69, 9.17) is 0 Å². The summed E-state index contributed by atoms with van der Waals surface area (Å²) in [5, 5.41) is 4.25. The normalized spacial score (nSPS) is 14.3. The van der Waals surface area contributed by atoms with Gasteiger partial charge in [0.05, 0.1) is 5.71 Å². The molecule has 23 heavy (non-hydrogen) atoms. The van der Waals surface area contributed by atoms with E-state index in [1.807, 2.05) is 19.1 Å². The minimum absolute atomic E-state index is 0.199. The number of halogens is 1. The van der Waals surface area contributed by atoms with E-state index in [1.54, 1.807) is 12.1 Å². The summed E-state index contributed by atoms with van der Waals surface area (Å²) in [6.45, 7) is 1.92. The Kier molecular flexibility index (Phi) is 4.91. The Labute approximate surface area is 144 Å². The number of carbonyl (C=O) groups excluding carboxylic acids is 1. The van der Waals surface area contributed by atoms with Crippen LogP contribution in [0.25, 0.3) is 0 Å². The maximum Gasteiger partial charge on any atom is 0.271 e. The maximum absolute atomic E-state index is 12.1. The molecular formula is C19H19BrN2O. The number of hydrazone groups is 1. The maximum atomic E-state index is 12.1. The third-order valence-corrected chi connectivity index (χ3v) is 4.73. The van der Waals surface area contributed by atoms with Crippen LogP contribution in [-0.4, -0.2) is 11.6 Å². The Balaban J connectivity index is 1.72. The topological polar surface area (TPSA) is 41.5 Å². The summed E-state index contributed by atoms with van der Waals surface area (Å²) >= 11 is 3.36. The number of amides is 1.